The number of imidazole rings is 1. The molecule has 0 radical (unpaired) electrons. The van der Waals surface area contributed by atoms with Crippen LogP contribution in [0.1, 0.15) is 32.7 Å². The fraction of sp³-hybridized carbons (Fsp3) is 0.450. The summed E-state index contributed by atoms with van der Waals surface area (Å²) in [5.74, 6) is 0.481. The van der Waals surface area contributed by atoms with E-state index in [-0.39, 0.29) is 23.7 Å². The van der Waals surface area contributed by atoms with Crippen molar-refractivity contribution in [1.82, 2.24) is 19.5 Å². The Hall–Kier alpha value is -2.88. The van der Waals surface area contributed by atoms with E-state index in [1.54, 1.807) is 12.4 Å². The summed E-state index contributed by atoms with van der Waals surface area (Å²) in [5.41, 5.74) is 1.62. The Balaban J connectivity index is 1.73. The molecule has 1 atom stereocenters. The molecule has 3 aromatic rings. The molecule has 30 heavy (non-hydrogen) atoms. The Morgan fingerprint density at radius 2 is 2.13 bits per heavy atom. The van der Waals surface area contributed by atoms with Crippen molar-refractivity contribution in [2.75, 3.05) is 18.5 Å². The third-order valence-electron chi connectivity index (χ3n) is 4.82. The van der Waals surface area contributed by atoms with Crippen molar-refractivity contribution in [2.45, 2.75) is 45.2 Å². The smallest absolute Gasteiger partial charge is 0.406 e. The van der Waals surface area contributed by atoms with Crippen LogP contribution in [0.15, 0.2) is 30.6 Å². The van der Waals surface area contributed by atoms with E-state index in [0.717, 1.165) is 19.4 Å². The molecular weight excluding hydrogens is 399 g/mol. The van der Waals surface area contributed by atoms with Gasteiger partial charge in [-0.1, -0.05) is 12.1 Å². The molecule has 1 aliphatic rings. The van der Waals surface area contributed by atoms with Crippen molar-refractivity contribution in [3.05, 3.63) is 30.6 Å². The zero-order chi connectivity index (χ0) is 21.3. The number of nitrogens with zero attached hydrogens (tertiary/aromatic N) is 4. The van der Waals surface area contributed by atoms with E-state index in [1.165, 1.54) is 18.2 Å². The van der Waals surface area contributed by atoms with Gasteiger partial charge in [-0.25, -0.2) is 15.0 Å². The van der Waals surface area contributed by atoms with Crippen molar-refractivity contribution >= 4 is 17.0 Å². The molecule has 1 N–H and O–H groups in total. The minimum absolute atomic E-state index is 0.0918. The number of anilines is 1. The molecule has 1 fully saturated rings. The van der Waals surface area contributed by atoms with E-state index in [4.69, 9.17) is 4.74 Å². The molecular formula is C20H22F3N5O2. The molecule has 0 aliphatic carbocycles. The van der Waals surface area contributed by atoms with Crippen molar-refractivity contribution in [2.24, 2.45) is 0 Å². The lowest BCUT2D eigenvalue weighted by Gasteiger charge is -2.14. The van der Waals surface area contributed by atoms with Crippen LogP contribution >= 0.6 is 0 Å². The maximum absolute atomic E-state index is 12.6. The number of ether oxygens (including phenoxy) is 2. The number of fused-ring (bicyclic) bond motifs is 1. The highest BCUT2D eigenvalue weighted by Crippen LogP contribution is 2.30. The van der Waals surface area contributed by atoms with E-state index >= 15 is 0 Å². The van der Waals surface area contributed by atoms with E-state index in [9.17, 15) is 13.2 Å². The van der Waals surface area contributed by atoms with Gasteiger partial charge >= 0.3 is 6.36 Å². The molecule has 160 valence electrons. The standard InChI is InChI=1S/C20H22F3N5O2/c1-12(2)28-11-25-16-18(24-10-15-7-4-8-29-15)26-17(27-19(16)28)13-5-3-6-14(9-13)30-20(21,22)23/h3,5-6,9,11-12,15H,4,7-8,10H2,1-2H3,(H,24,26,27). The average molecular weight is 421 g/mol. The van der Waals surface area contributed by atoms with E-state index in [1.807, 2.05) is 18.4 Å². The van der Waals surface area contributed by atoms with Crippen LogP contribution in [0, 0.1) is 0 Å². The number of halogens is 3. The highest BCUT2D eigenvalue weighted by molar-refractivity contribution is 5.85. The lowest BCUT2D eigenvalue weighted by Crippen LogP contribution is -2.19. The summed E-state index contributed by atoms with van der Waals surface area (Å²) in [6.07, 6.45) is -1.01. The second kappa shape index (κ2) is 8.10. The van der Waals surface area contributed by atoms with Gasteiger partial charge in [0.1, 0.15) is 11.3 Å². The Bertz CT molecular complexity index is 1030. The van der Waals surface area contributed by atoms with Crippen LogP contribution in [-0.2, 0) is 4.74 Å². The SMILES string of the molecule is CC(C)n1cnc2c(NCC3CCCO3)nc(-c3cccc(OC(F)(F)F)c3)nc21. The summed E-state index contributed by atoms with van der Waals surface area (Å²) >= 11 is 0. The summed E-state index contributed by atoms with van der Waals surface area (Å²) < 4.78 is 49.4. The van der Waals surface area contributed by atoms with Crippen molar-refractivity contribution in [1.29, 1.82) is 0 Å². The predicted molar refractivity (Wildman–Crippen MR) is 105 cm³/mol. The van der Waals surface area contributed by atoms with Gasteiger partial charge in [-0.05, 0) is 38.8 Å². The van der Waals surface area contributed by atoms with Gasteiger partial charge in [0, 0.05) is 24.8 Å². The summed E-state index contributed by atoms with van der Waals surface area (Å²) in [6.45, 7) is 5.31. The molecule has 0 amide bonds. The first kappa shape index (κ1) is 20.4. The zero-order valence-corrected chi connectivity index (χ0v) is 16.6. The molecule has 1 unspecified atom stereocenters. The van der Waals surface area contributed by atoms with Gasteiger partial charge in [-0.2, -0.15) is 0 Å². The minimum Gasteiger partial charge on any atom is -0.406 e. The molecule has 1 aliphatic heterocycles. The first-order valence-electron chi connectivity index (χ1n) is 9.76. The Morgan fingerprint density at radius 1 is 1.30 bits per heavy atom. The second-order valence-corrected chi connectivity index (χ2v) is 7.41. The Labute approximate surface area is 171 Å². The van der Waals surface area contributed by atoms with E-state index in [0.29, 0.717) is 29.1 Å². The summed E-state index contributed by atoms with van der Waals surface area (Å²) in [4.78, 5) is 13.6. The quantitative estimate of drug-likeness (QED) is 0.629. The molecule has 1 aromatic carbocycles. The largest absolute Gasteiger partial charge is 0.573 e. The third-order valence-corrected chi connectivity index (χ3v) is 4.82. The highest BCUT2D eigenvalue weighted by atomic mass is 19.4. The van der Waals surface area contributed by atoms with Crippen LogP contribution in [0.5, 0.6) is 5.75 Å². The Morgan fingerprint density at radius 3 is 2.83 bits per heavy atom. The number of benzene rings is 1. The minimum atomic E-state index is -4.77. The zero-order valence-electron chi connectivity index (χ0n) is 16.6. The van der Waals surface area contributed by atoms with Gasteiger partial charge in [0.25, 0.3) is 0 Å². The second-order valence-electron chi connectivity index (χ2n) is 7.41. The number of alkyl halides is 3. The van der Waals surface area contributed by atoms with Crippen LogP contribution in [0.4, 0.5) is 19.0 Å². The van der Waals surface area contributed by atoms with Crippen LogP contribution < -0.4 is 10.1 Å². The lowest BCUT2D eigenvalue weighted by atomic mass is 10.2. The number of rotatable bonds is 6. The third kappa shape index (κ3) is 4.48. The van der Waals surface area contributed by atoms with E-state index in [2.05, 4.69) is 25.0 Å². The first-order valence-corrected chi connectivity index (χ1v) is 9.76. The molecule has 4 rings (SSSR count). The van der Waals surface area contributed by atoms with Gasteiger partial charge in [0.15, 0.2) is 17.3 Å². The van der Waals surface area contributed by atoms with Crippen LogP contribution in [-0.4, -0.2) is 45.1 Å². The van der Waals surface area contributed by atoms with Gasteiger partial charge < -0.3 is 19.4 Å². The van der Waals surface area contributed by atoms with Crippen LogP contribution in [0.25, 0.3) is 22.6 Å². The average Bonchev–Trinajstić information content (AvgIpc) is 3.34. The molecule has 2 aromatic heterocycles. The van der Waals surface area contributed by atoms with E-state index < -0.39 is 6.36 Å². The van der Waals surface area contributed by atoms with Crippen molar-refractivity contribution < 1.29 is 22.6 Å². The van der Waals surface area contributed by atoms with Crippen LogP contribution in [0.3, 0.4) is 0 Å². The summed E-state index contributed by atoms with van der Waals surface area (Å²) in [7, 11) is 0. The topological polar surface area (TPSA) is 74.1 Å². The van der Waals surface area contributed by atoms with Crippen molar-refractivity contribution in [3.8, 4) is 17.1 Å². The number of hydrogen-bond acceptors (Lipinski definition) is 6. The van der Waals surface area contributed by atoms with Crippen LogP contribution in [0.2, 0.25) is 0 Å². The molecule has 1 saturated heterocycles. The molecule has 0 bridgehead atoms. The monoisotopic (exact) mass is 421 g/mol. The molecule has 0 spiro atoms. The normalized spacial score (nSPS) is 17.1. The van der Waals surface area contributed by atoms with Gasteiger partial charge in [0.05, 0.1) is 12.4 Å². The highest BCUT2D eigenvalue weighted by Gasteiger charge is 2.31. The maximum atomic E-state index is 12.6. The maximum Gasteiger partial charge on any atom is 0.573 e. The molecule has 7 nitrogen and oxygen atoms in total. The lowest BCUT2D eigenvalue weighted by molar-refractivity contribution is -0.274. The molecule has 3 heterocycles. The van der Waals surface area contributed by atoms with Crippen molar-refractivity contribution in [3.63, 3.8) is 0 Å². The fourth-order valence-corrected chi connectivity index (χ4v) is 3.39. The number of nitrogens with one attached hydrogen (secondary N) is 1. The predicted octanol–water partition coefficient (Wildman–Crippen LogP) is 4.56. The number of hydrogen-bond donors (Lipinski definition) is 1. The molecule has 0 saturated carbocycles. The summed E-state index contributed by atoms with van der Waals surface area (Å²) in [5, 5.41) is 3.28. The Kier molecular flexibility index (Phi) is 5.50. The first-order chi connectivity index (χ1) is 14.3. The van der Waals surface area contributed by atoms with Gasteiger partial charge in [-0.15, -0.1) is 13.2 Å². The fourth-order valence-electron chi connectivity index (χ4n) is 3.39. The van der Waals surface area contributed by atoms with Gasteiger partial charge in [-0.3, -0.25) is 0 Å². The van der Waals surface area contributed by atoms with Gasteiger partial charge in [0.2, 0.25) is 0 Å². The number of aromatic nitrogens is 4. The molecule has 10 heteroatoms. The summed E-state index contributed by atoms with van der Waals surface area (Å²) in [6, 6.07) is 5.73.